The molecular weight excluding hydrogens is 248 g/mol. The van der Waals surface area contributed by atoms with Gasteiger partial charge in [0, 0.05) is 12.5 Å². The number of allylic oxidation sites excluding steroid dienone is 1. The zero-order valence-corrected chi connectivity index (χ0v) is 11.4. The first kappa shape index (κ1) is 14.2. The van der Waals surface area contributed by atoms with Crippen molar-refractivity contribution >= 4 is 11.8 Å². The lowest BCUT2D eigenvalue weighted by Gasteiger charge is -2.22. The van der Waals surface area contributed by atoms with E-state index in [0.29, 0.717) is 6.61 Å². The minimum atomic E-state index is -0.718. The molecular formula is C14H20O5. The Labute approximate surface area is 112 Å². The molecule has 0 radical (unpaired) electrons. The lowest BCUT2D eigenvalue weighted by atomic mass is 9.90. The molecule has 0 saturated heterocycles. The van der Waals surface area contributed by atoms with Crippen LogP contribution in [-0.2, 0) is 23.8 Å². The summed E-state index contributed by atoms with van der Waals surface area (Å²) in [7, 11) is 0. The summed E-state index contributed by atoms with van der Waals surface area (Å²) in [6.07, 6.45) is 3.10. The first-order valence-electron chi connectivity index (χ1n) is 6.79. The molecule has 0 aromatic carbocycles. The number of ether oxygens (including phenoxy) is 3. The van der Waals surface area contributed by atoms with Gasteiger partial charge < -0.3 is 14.2 Å². The Hall–Kier alpha value is -1.20. The largest absolute Gasteiger partial charge is 0.465 e. The van der Waals surface area contributed by atoms with Gasteiger partial charge in [0.15, 0.2) is 5.78 Å². The van der Waals surface area contributed by atoms with Gasteiger partial charge in [-0.15, -0.1) is 0 Å². The van der Waals surface area contributed by atoms with Crippen molar-refractivity contribution in [1.29, 1.82) is 0 Å². The Kier molecular flexibility index (Phi) is 4.71. The highest BCUT2D eigenvalue weighted by Crippen LogP contribution is 2.44. The van der Waals surface area contributed by atoms with E-state index < -0.39 is 11.9 Å². The number of hydrogen-bond donors (Lipinski definition) is 0. The zero-order valence-electron chi connectivity index (χ0n) is 11.4. The van der Waals surface area contributed by atoms with Crippen molar-refractivity contribution in [3.8, 4) is 0 Å². The average molecular weight is 268 g/mol. The van der Waals surface area contributed by atoms with Crippen molar-refractivity contribution in [1.82, 2.24) is 0 Å². The maximum absolute atomic E-state index is 11.9. The third kappa shape index (κ3) is 2.87. The second-order valence-electron chi connectivity index (χ2n) is 4.73. The van der Waals surface area contributed by atoms with Crippen molar-refractivity contribution in [2.45, 2.75) is 32.8 Å². The van der Waals surface area contributed by atoms with Gasteiger partial charge in [0.1, 0.15) is 12.7 Å². The van der Waals surface area contributed by atoms with Gasteiger partial charge in [0.25, 0.3) is 0 Å². The molecule has 1 fully saturated rings. The molecule has 0 bridgehead atoms. The number of esters is 1. The SMILES string of the molecule is CCOCO[C@@H]1CCC2=CC(=O)[C@H](C(=O)OCC)[C@H]21. The Morgan fingerprint density at radius 2 is 2.16 bits per heavy atom. The van der Waals surface area contributed by atoms with Gasteiger partial charge in [-0.3, -0.25) is 9.59 Å². The zero-order chi connectivity index (χ0) is 13.8. The molecule has 2 aliphatic rings. The Balaban J connectivity index is 2.04. The summed E-state index contributed by atoms with van der Waals surface area (Å²) in [6, 6.07) is 0. The molecule has 0 amide bonds. The molecule has 0 aromatic heterocycles. The molecule has 0 N–H and O–H groups in total. The Bertz CT molecular complexity index is 387. The Morgan fingerprint density at radius 1 is 1.37 bits per heavy atom. The lowest BCUT2D eigenvalue weighted by molar-refractivity contribution is -0.156. The summed E-state index contributed by atoms with van der Waals surface area (Å²) in [5.74, 6) is -1.46. The first-order chi connectivity index (χ1) is 9.19. The number of rotatable bonds is 6. The van der Waals surface area contributed by atoms with Crippen LogP contribution in [0.1, 0.15) is 26.7 Å². The number of carbonyl (C=O) groups excluding carboxylic acids is 2. The number of hydrogen-bond acceptors (Lipinski definition) is 5. The third-order valence-electron chi connectivity index (χ3n) is 3.65. The molecule has 3 atom stereocenters. The molecule has 5 heteroatoms. The molecule has 0 heterocycles. The van der Waals surface area contributed by atoms with E-state index >= 15 is 0 Å². The van der Waals surface area contributed by atoms with Gasteiger partial charge in [-0.1, -0.05) is 5.57 Å². The minimum Gasteiger partial charge on any atom is -0.465 e. The van der Waals surface area contributed by atoms with E-state index in [-0.39, 0.29) is 31.2 Å². The highest BCUT2D eigenvalue weighted by molar-refractivity contribution is 6.08. The van der Waals surface area contributed by atoms with E-state index in [9.17, 15) is 9.59 Å². The third-order valence-corrected chi connectivity index (χ3v) is 3.65. The maximum atomic E-state index is 11.9. The van der Waals surface area contributed by atoms with Crippen molar-refractivity contribution in [3.63, 3.8) is 0 Å². The number of ketones is 1. The monoisotopic (exact) mass is 268 g/mol. The van der Waals surface area contributed by atoms with Crippen molar-refractivity contribution in [2.75, 3.05) is 20.0 Å². The molecule has 19 heavy (non-hydrogen) atoms. The normalized spacial score (nSPS) is 29.3. The summed E-state index contributed by atoms with van der Waals surface area (Å²) in [5, 5.41) is 0. The fourth-order valence-corrected chi connectivity index (χ4v) is 2.84. The molecule has 0 spiro atoms. The minimum absolute atomic E-state index is 0.126. The van der Waals surface area contributed by atoms with Gasteiger partial charge >= 0.3 is 5.97 Å². The van der Waals surface area contributed by atoms with Crippen LogP contribution in [0.25, 0.3) is 0 Å². The topological polar surface area (TPSA) is 61.8 Å². The number of fused-ring (bicyclic) bond motifs is 1. The van der Waals surface area contributed by atoms with Crippen LogP contribution in [0.15, 0.2) is 11.6 Å². The highest BCUT2D eigenvalue weighted by Gasteiger charge is 2.49. The van der Waals surface area contributed by atoms with Crippen LogP contribution in [-0.4, -0.2) is 37.9 Å². The predicted octanol–water partition coefficient (Wildman–Crippen LogP) is 1.46. The fraction of sp³-hybridized carbons (Fsp3) is 0.714. The summed E-state index contributed by atoms with van der Waals surface area (Å²) in [5.41, 5.74) is 1.02. The number of carbonyl (C=O) groups is 2. The van der Waals surface area contributed by atoms with E-state index in [2.05, 4.69) is 0 Å². The Morgan fingerprint density at radius 3 is 2.84 bits per heavy atom. The highest BCUT2D eigenvalue weighted by atomic mass is 16.7. The van der Waals surface area contributed by atoms with Gasteiger partial charge in [0.2, 0.25) is 0 Å². The standard InChI is InChI=1S/C14H20O5/c1-3-17-8-19-11-6-5-9-7-10(15)13(12(9)11)14(16)18-4-2/h7,11-13H,3-6,8H2,1-2H3/t11-,12-,13+/m1/s1. The second kappa shape index (κ2) is 6.30. The van der Waals surface area contributed by atoms with Crippen LogP contribution in [0, 0.1) is 11.8 Å². The van der Waals surface area contributed by atoms with Crippen LogP contribution in [0.4, 0.5) is 0 Å². The lowest BCUT2D eigenvalue weighted by Crippen LogP contribution is -2.34. The maximum Gasteiger partial charge on any atom is 0.317 e. The molecule has 5 nitrogen and oxygen atoms in total. The van der Waals surface area contributed by atoms with Crippen LogP contribution in [0.2, 0.25) is 0 Å². The van der Waals surface area contributed by atoms with Crippen molar-refractivity contribution in [3.05, 3.63) is 11.6 Å². The van der Waals surface area contributed by atoms with E-state index in [0.717, 1.165) is 18.4 Å². The van der Waals surface area contributed by atoms with E-state index in [1.807, 2.05) is 6.92 Å². The summed E-state index contributed by atoms with van der Waals surface area (Å²) in [6.45, 7) is 4.71. The van der Waals surface area contributed by atoms with Crippen LogP contribution >= 0.6 is 0 Å². The molecule has 106 valence electrons. The van der Waals surface area contributed by atoms with Crippen LogP contribution in [0.5, 0.6) is 0 Å². The first-order valence-corrected chi connectivity index (χ1v) is 6.79. The van der Waals surface area contributed by atoms with Crippen LogP contribution in [0.3, 0.4) is 0 Å². The molecule has 0 unspecified atom stereocenters. The summed E-state index contributed by atoms with van der Waals surface area (Å²) < 4.78 is 15.8. The van der Waals surface area contributed by atoms with E-state index in [1.54, 1.807) is 13.0 Å². The van der Waals surface area contributed by atoms with Gasteiger partial charge in [-0.05, 0) is 32.8 Å². The molecule has 0 aliphatic heterocycles. The molecule has 0 aromatic rings. The summed E-state index contributed by atoms with van der Waals surface area (Å²) >= 11 is 0. The molecule has 2 aliphatic carbocycles. The average Bonchev–Trinajstić information content (AvgIpc) is 2.88. The van der Waals surface area contributed by atoms with Crippen molar-refractivity contribution < 1.29 is 23.8 Å². The van der Waals surface area contributed by atoms with Gasteiger partial charge in [-0.25, -0.2) is 0 Å². The molecule has 1 saturated carbocycles. The van der Waals surface area contributed by atoms with Gasteiger partial charge in [-0.2, -0.15) is 0 Å². The smallest absolute Gasteiger partial charge is 0.317 e. The molecule has 2 rings (SSSR count). The van der Waals surface area contributed by atoms with Gasteiger partial charge in [0.05, 0.1) is 12.7 Å². The second-order valence-corrected chi connectivity index (χ2v) is 4.73. The summed E-state index contributed by atoms with van der Waals surface area (Å²) in [4.78, 5) is 23.8. The predicted molar refractivity (Wildman–Crippen MR) is 67.3 cm³/mol. The van der Waals surface area contributed by atoms with E-state index in [4.69, 9.17) is 14.2 Å². The quantitative estimate of drug-likeness (QED) is 0.316. The van der Waals surface area contributed by atoms with E-state index in [1.165, 1.54) is 0 Å². The fourth-order valence-electron chi connectivity index (χ4n) is 2.84. The van der Waals surface area contributed by atoms with Crippen LogP contribution < -0.4 is 0 Å². The van der Waals surface area contributed by atoms with Crippen molar-refractivity contribution in [2.24, 2.45) is 11.8 Å².